The van der Waals surface area contributed by atoms with Gasteiger partial charge >= 0.3 is 5.97 Å². The fourth-order valence-electron chi connectivity index (χ4n) is 5.23. The lowest BCUT2D eigenvalue weighted by atomic mass is 9.71. The average Bonchev–Trinajstić information content (AvgIpc) is 2.91. The van der Waals surface area contributed by atoms with Crippen LogP contribution < -0.4 is 5.32 Å². The maximum Gasteiger partial charge on any atom is 0.315 e. The Labute approximate surface area is 231 Å². The van der Waals surface area contributed by atoms with Crippen molar-refractivity contribution < 1.29 is 14.3 Å². The molecule has 0 radical (unpaired) electrons. The highest BCUT2D eigenvalue weighted by Gasteiger charge is 2.33. The van der Waals surface area contributed by atoms with Crippen LogP contribution >= 0.6 is 0 Å². The van der Waals surface area contributed by atoms with Crippen LogP contribution in [0.15, 0.2) is 67.3 Å². The van der Waals surface area contributed by atoms with Crippen molar-refractivity contribution in [3.05, 3.63) is 83.9 Å². The summed E-state index contributed by atoms with van der Waals surface area (Å²) in [7, 11) is 0. The molecule has 1 unspecified atom stereocenters. The van der Waals surface area contributed by atoms with Crippen LogP contribution in [0, 0.1) is 6.92 Å². The maximum atomic E-state index is 12.7. The Morgan fingerprint density at radius 3 is 2.11 bits per heavy atom. The normalized spacial score (nSPS) is 12.5. The van der Waals surface area contributed by atoms with Crippen molar-refractivity contribution in [2.45, 2.75) is 103 Å². The third kappa shape index (κ3) is 11.7. The lowest BCUT2D eigenvalue weighted by Gasteiger charge is -2.35. The number of allylic oxidation sites excluding steroid dienone is 1. The summed E-state index contributed by atoms with van der Waals surface area (Å²) >= 11 is 0. The standard InChI is InChI=1S/C34H49NO3/c1-4-6-7-8-9-10-11-12-13-19-25-38-33(37)26-32(36)35-28-34(24-5-2,27-30-21-15-14-16-22-30)31-23-18-17-20-29(31)3/h5,14-18,20-23H,2,4,6-13,19,24-28H2,1,3H3,(H,35,36). The van der Waals surface area contributed by atoms with E-state index in [1.165, 1.54) is 68.1 Å². The molecule has 0 aliphatic carbocycles. The number of aryl methyl sites for hydroxylation is 1. The highest BCUT2D eigenvalue weighted by atomic mass is 16.5. The SMILES string of the molecule is C=CCC(CNC(=O)CC(=O)OCCCCCCCCCCCC)(Cc1ccccc1)c1ccccc1C. The monoisotopic (exact) mass is 519 g/mol. The molecule has 4 nitrogen and oxygen atoms in total. The fraction of sp³-hybridized carbons (Fsp3) is 0.529. The summed E-state index contributed by atoms with van der Waals surface area (Å²) in [6.07, 6.45) is 15.4. The molecule has 1 amide bonds. The first-order valence-corrected chi connectivity index (χ1v) is 14.6. The minimum Gasteiger partial charge on any atom is -0.465 e. The van der Waals surface area contributed by atoms with Gasteiger partial charge in [0.05, 0.1) is 6.61 Å². The number of benzene rings is 2. The Kier molecular flexibility index (Phi) is 15.2. The number of nitrogens with one attached hydrogen (secondary N) is 1. The van der Waals surface area contributed by atoms with E-state index in [2.05, 4.69) is 50.0 Å². The molecule has 0 bridgehead atoms. The predicted molar refractivity (Wildman–Crippen MR) is 158 cm³/mol. The smallest absolute Gasteiger partial charge is 0.315 e. The van der Waals surface area contributed by atoms with E-state index < -0.39 is 5.97 Å². The number of ether oxygens (including phenoxy) is 1. The molecule has 0 saturated heterocycles. The molecule has 1 N–H and O–H groups in total. The van der Waals surface area contributed by atoms with E-state index in [1.807, 2.05) is 36.4 Å². The topological polar surface area (TPSA) is 55.4 Å². The predicted octanol–water partition coefficient (Wildman–Crippen LogP) is 8.02. The fourth-order valence-corrected chi connectivity index (χ4v) is 5.23. The van der Waals surface area contributed by atoms with Crippen LogP contribution in [0.4, 0.5) is 0 Å². The van der Waals surface area contributed by atoms with Gasteiger partial charge in [0.1, 0.15) is 6.42 Å². The number of esters is 1. The molecule has 0 heterocycles. The Balaban J connectivity index is 1.81. The number of carbonyl (C=O) groups excluding carboxylic acids is 2. The van der Waals surface area contributed by atoms with Crippen molar-refractivity contribution in [2.24, 2.45) is 0 Å². The third-order valence-corrected chi connectivity index (χ3v) is 7.33. The highest BCUT2D eigenvalue weighted by molar-refractivity contribution is 5.94. The van der Waals surface area contributed by atoms with Gasteiger partial charge in [0.2, 0.25) is 5.91 Å². The average molecular weight is 520 g/mol. The van der Waals surface area contributed by atoms with Gasteiger partial charge in [-0.25, -0.2) is 0 Å². The number of rotatable bonds is 20. The van der Waals surface area contributed by atoms with E-state index >= 15 is 0 Å². The molecular formula is C34H49NO3. The minimum atomic E-state index is -0.452. The molecule has 208 valence electrons. The van der Waals surface area contributed by atoms with Crippen molar-refractivity contribution in [1.29, 1.82) is 0 Å². The second-order valence-electron chi connectivity index (χ2n) is 10.6. The second-order valence-corrected chi connectivity index (χ2v) is 10.6. The van der Waals surface area contributed by atoms with Gasteiger partial charge in [-0.3, -0.25) is 9.59 Å². The quantitative estimate of drug-likeness (QED) is 0.0834. The maximum absolute atomic E-state index is 12.7. The summed E-state index contributed by atoms with van der Waals surface area (Å²) in [5, 5.41) is 3.04. The van der Waals surface area contributed by atoms with Crippen molar-refractivity contribution >= 4 is 11.9 Å². The molecule has 1 atom stereocenters. The van der Waals surface area contributed by atoms with E-state index in [4.69, 9.17) is 4.74 Å². The van der Waals surface area contributed by atoms with Gasteiger partial charge in [0, 0.05) is 12.0 Å². The molecule has 0 spiro atoms. The van der Waals surface area contributed by atoms with Crippen LogP contribution in [-0.4, -0.2) is 25.0 Å². The highest BCUT2D eigenvalue weighted by Crippen LogP contribution is 2.34. The molecule has 4 heteroatoms. The zero-order valence-corrected chi connectivity index (χ0v) is 23.8. The number of carbonyl (C=O) groups is 2. The van der Waals surface area contributed by atoms with Gasteiger partial charge < -0.3 is 10.1 Å². The molecule has 38 heavy (non-hydrogen) atoms. The lowest BCUT2D eigenvalue weighted by Crippen LogP contribution is -2.43. The number of hydrogen-bond donors (Lipinski definition) is 1. The first-order chi connectivity index (χ1) is 18.5. The molecule has 2 aromatic carbocycles. The van der Waals surface area contributed by atoms with Crippen molar-refractivity contribution in [3.8, 4) is 0 Å². The summed E-state index contributed by atoms with van der Waals surface area (Å²) in [5.41, 5.74) is 3.20. The van der Waals surface area contributed by atoms with Crippen molar-refractivity contribution in [3.63, 3.8) is 0 Å². The Hall–Kier alpha value is -2.88. The minimum absolute atomic E-state index is 0.249. The van der Waals surface area contributed by atoms with Crippen molar-refractivity contribution in [1.82, 2.24) is 5.32 Å². The summed E-state index contributed by atoms with van der Waals surface area (Å²) in [6.45, 7) is 9.17. The molecule has 0 fully saturated rings. The van der Waals surface area contributed by atoms with E-state index in [9.17, 15) is 9.59 Å². The number of amides is 1. The molecule has 2 aromatic rings. The van der Waals surface area contributed by atoms with Crippen LogP contribution in [0.2, 0.25) is 0 Å². The summed E-state index contributed by atoms with van der Waals surface area (Å²) in [6, 6.07) is 18.6. The largest absolute Gasteiger partial charge is 0.465 e. The Bertz CT molecular complexity index is 955. The van der Waals surface area contributed by atoms with Gasteiger partial charge in [-0.15, -0.1) is 6.58 Å². The number of hydrogen-bond acceptors (Lipinski definition) is 3. The first-order valence-electron chi connectivity index (χ1n) is 14.6. The van der Waals surface area contributed by atoms with Crippen LogP contribution in [0.3, 0.4) is 0 Å². The summed E-state index contributed by atoms with van der Waals surface area (Å²) in [5.74, 6) is -0.750. The van der Waals surface area contributed by atoms with E-state index in [0.29, 0.717) is 19.6 Å². The van der Waals surface area contributed by atoms with E-state index in [1.54, 1.807) is 0 Å². The van der Waals surface area contributed by atoms with Crippen LogP contribution in [-0.2, 0) is 26.2 Å². The molecular weight excluding hydrogens is 470 g/mol. The van der Waals surface area contributed by atoms with E-state index in [-0.39, 0.29) is 17.7 Å². The van der Waals surface area contributed by atoms with Gasteiger partial charge in [-0.1, -0.05) is 125 Å². The van der Waals surface area contributed by atoms with Crippen LogP contribution in [0.1, 0.15) is 101 Å². The summed E-state index contributed by atoms with van der Waals surface area (Å²) < 4.78 is 5.35. The first kappa shape index (κ1) is 31.3. The van der Waals surface area contributed by atoms with Crippen molar-refractivity contribution in [2.75, 3.05) is 13.2 Å². The molecule has 0 aliphatic rings. The van der Waals surface area contributed by atoms with Crippen LogP contribution in [0.25, 0.3) is 0 Å². The molecule has 0 aromatic heterocycles. The summed E-state index contributed by atoms with van der Waals surface area (Å²) in [4.78, 5) is 25.0. The van der Waals surface area contributed by atoms with Gasteiger partial charge in [0.15, 0.2) is 0 Å². The van der Waals surface area contributed by atoms with Gasteiger partial charge in [-0.2, -0.15) is 0 Å². The lowest BCUT2D eigenvalue weighted by molar-refractivity contribution is -0.146. The van der Waals surface area contributed by atoms with Gasteiger partial charge in [0.25, 0.3) is 0 Å². The Morgan fingerprint density at radius 2 is 1.47 bits per heavy atom. The zero-order chi connectivity index (χ0) is 27.5. The molecule has 0 saturated carbocycles. The van der Waals surface area contributed by atoms with E-state index in [0.717, 1.165) is 19.3 Å². The number of unbranched alkanes of at least 4 members (excludes halogenated alkanes) is 9. The Morgan fingerprint density at radius 1 is 0.868 bits per heavy atom. The zero-order valence-electron chi connectivity index (χ0n) is 23.8. The van der Waals surface area contributed by atoms with Gasteiger partial charge in [-0.05, 0) is 42.9 Å². The van der Waals surface area contributed by atoms with Crippen LogP contribution in [0.5, 0.6) is 0 Å². The molecule has 0 aliphatic heterocycles. The third-order valence-electron chi connectivity index (χ3n) is 7.33. The molecule has 2 rings (SSSR count). The second kappa shape index (κ2) is 18.4.